The average Bonchev–Trinajstić information content (AvgIpc) is 2.67. The van der Waals surface area contributed by atoms with Crippen molar-refractivity contribution in [2.45, 2.75) is 13.8 Å². The first-order valence-electron chi connectivity index (χ1n) is 5.81. The summed E-state index contributed by atoms with van der Waals surface area (Å²) in [6, 6.07) is 6.40. The van der Waals surface area contributed by atoms with E-state index in [9.17, 15) is 14.3 Å². The fourth-order valence-electron chi connectivity index (χ4n) is 2.07. The molecule has 1 N–H and O–H groups in total. The van der Waals surface area contributed by atoms with Crippen molar-refractivity contribution < 1.29 is 18.7 Å². The van der Waals surface area contributed by atoms with Crippen molar-refractivity contribution in [3.8, 4) is 0 Å². The Bertz CT molecular complexity index is 659. The molecule has 2 aromatic rings. The number of hydrogen-bond donors (Lipinski definition) is 1. The first-order chi connectivity index (χ1) is 8.82. The second kappa shape index (κ2) is 4.80. The molecule has 0 radical (unpaired) electrons. The van der Waals surface area contributed by atoms with Gasteiger partial charge in [0.1, 0.15) is 5.76 Å². The Kier molecular flexibility index (Phi) is 3.48. The van der Waals surface area contributed by atoms with Crippen LogP contribution in [-0.2, 0) is 4.57 Å². The maximum absolute atomic E-state index is 12.5. The Morgan fingerprint density at radius 2 is 1.89 bits per heavy atom. The molecule has 1 aromatic heterocycles. The molecule has 1 atom stereocenters. The highest BCUT2D eigenvalue weighted by Crippen LogP contribution is 2.36. The lowest BCUT2D eigenvalue weighted by Gasteiger charge is -2.11. The summed E-state index contributed by atoms with van der Waals surface area (Å²) in [6.45, 7) is 4.71. The molecule has 0 fully saturated rings. The van der Waals surface area contributed by atoms with Gasteiger partial charge in [-0.05, 0) is 25.5 Å². The number of ketones is 1. The van der Waals surface area contributed by atoms with Crippen LogP contribution in [0.1, 0.15) is 27.2 Å². The molecule has 0 aliphatic carbocycles. The van der Waals surface area contributed by atoms with Gasteiger partial charge in [-0.3, -0.25) is 9.36 Å². The van der Waals surface area contributed by atoms with Crippen LogP contribution in [0.4, 0.5) is 0 Å². The molecule has 1 aromatic carbocycles. The molecule has 0 aliphatic heterocycles. The molecule has 5 heteroatoms. The predicted octanol–water partition coefficient (Wildman–Crippen LogP) is 2.65. The van der Waals surface area contributed by atoms with E-state index in [-0.39, 0.29) is 16.7 Å². The number of aryl methyl sites for hydroxylation is 2. The maximum atomic E-state index is 12.5. The minimum absolute atomic E-state index is 0.181. The van der Waals surface area contributed by atoms with Gasteiger partial charge in [-0.25, -0.2) is 0 Å². The standard InChI is InChI=1S/C14H15O4P/c1-9-8-18-10(2)13(9)14(15)11-6-4-5-7-12(11)19(3,16)17/h4-8H,1-3H3,(H,16,17). The SMILES string of the molecule is Cc1coc(C)c1C(=O)c1ccccc1P(C)(=O)O. The third-order valence-electron chi connectivity index (χ3n) is 2.98. The highest BCUT2D eigenvalue weighted by molar-refractivity contribution is 7.65. The Balaban J connectivity index is 2.61. The van der Waals surface area contributed by atoms with Gasteiger partial charge in [0.05, 0.1) is 11.8 Å². The summed E-state index contributed by atoms with van der Waals surface area (Å²) in [4.78, 5) is 22.3. The van der Waals surface area contributed by atoms with Gasteiger partial charge >= 0.3 is 0 Å². The summed E-state index contributed by atoms with van der Waals surface area (Å²) in [7, 11) is -3.49. The Morgan fingerprint density at radius 1 is 1.26 bits per heavy atom. The van der Waals surface area contributed by atoms with E-state index in [0.29, 0.717) is 11.3 Å². The average molecular weight is 278 g/mol. The van der Waals surface area contributed by atoms with Crippen molar-refractivity contribution in [2.75, 3.05) is 6.66 Å². The monoisotopic (exact) mass is 278 g/mol. The van der Waals surface area contributed by atoms with E-state index < -0.39 is 7.37 Å². The summed E-state index contributed by atoms with van der Waals surface area (Å²) in [5.41, 5.74) is 1.44. The lowest BCUT2D eigenvalue weighted by atomic mass is 10.0. The molecular weight excluding hydrogens is 263 g/mol. The second-order valence-electron chi connectivity index (χ2n) is 4.58. The molecule has 4 nitrogen and oxygen atoms in total. The number of carbonyl (C=O) groups is 1. The number of benzene rings is 1. The zero-order valence-corrected chi connectivity index (χ0v) is 11.9. The quantitative estimate of drug-likeness (QED) is 0.692. The third kappa shape index (κ3) is 2.55. The van der Waals surface area contributed by atoms with E-state index in [1.54, 1.807) is 32.0 Å². The summed E-state index contributed by atoms with van der Waals surface area (Å²) in [5, 5.41) is 0.181. The van der Waals surface area contributed by atoms with E-state index in [1.807, 2.05) is 0 Å². The van der Waals surface area contributed by atoms with Crippen LogP contribution in [-0.4, -0.2) is 17.3 Å². The van der Waals surface area contributed by atoms with Gasteiger partial charge in [-0.2, -0.15) is 0 Å². The van der Waals surface area contributed by atoms with Gasteiger partial charge < -0.3 is 9.31 Å². The predicted molar refractivity (Wildman–Crippen MR) is 73.4 cm³/mol. The number of rotatable bonds is 3. The van der Waals surface area contributed by atoms with Gasteiger partial charge in [-0.15, -0.1) is 0 Å². The minimum Gasteiger partial charge on any atom is -0.469 e. The molecule has 0 saturated heterocycles. The van der Waals surface area contributed by atoms with Crippen molar-refractivity contribution >= 4 is 18.5 Å². The fraction of sp³-hybridized carbons (Fsp3) is 0.214. The van der Waals surface area contributed by atoms with Crippen LogP contribution in [0.2, 0.25) is 0 Å². The van der Waals surface area contributed by atoms with Gasteiger partial charge in [0.15, 0.2) is 5.78 Å². The van der Waals surface area contributed by atoms with Crippen LogP contribution in [0.3, 0.4) is 0 Å². The molecule has 0 bridgehead atoms. The zero-order chi connectivity index (χ0) is 14.2. The number of hydrogen-bond acceptors (Lipinski definition) is 3. The normalized spacial score (nSPS) is 14.1. The Labute approximate surface area is 111 Å². The first-order valence-corrected chi connectivity index (χ1v) is 7.92. The molecule has 2 rings (SSSR count). The molecule has 0 saturated carbocycles. The van der Waals surface area contributed by atoms with Crippen LogP contribution in [0.15, 0.2) is 34.9 Å². The molecule has 0 amide bonds. The van der Waals surface area contributed by atoms with Gasteiger partial charge in [0.25, 0.3) is 0 Å². The van der Waals surface area contributed by atoms with E-state index in [4.69, 9.17) is 4.42 Å². The van der Waals surface area contributed by atoms with Crippen molar-refractivity contribution in [1.82, 2.24) is 0 Å². The number of furan rings is 1. The molecular formula is C14H15O4P. The molecule has 100 valence electrons. The lowest BCUT2D eigenvalue weighted by molar-refractivity contribution is 0.103. The topological polar surface area (TPSA) is 67.5 Å². The molecule has 0 aliphatic rings. The summed E-state index contributed by atoms with van der Waals surface area (Å²) < 4.78 is 17.1. The summed E-state index contributed by atoms with van der Waals surface area (Å²) >= 11 is 0. The van der Waals surface area contributed by atoms with E-state index >= 15 is 0 Å². The summed E-state index contributed by atoms with van der Waals surface area (Å²) in [5.74, 6) is 0.233. The highest BCUT2D eigenvalue weighted by atomic mass is 31.2. The first kappa shape index (κ1) is 13.8. The van der Waals surface area contributed by atoms with Crippen molar-refractivity contribution in [3.63, 3.8) is 0 Å². The van der Waals surface area contributed by atoms with Crippen LogP contribution in [0.5, 0.6) is 0 Å². The van der Waals surface area contributed by atoms with Crippen molar-refractivity contribution in [3.05, 3.63) is 53.0 Å². The van der Waals surface area contributed by atoms with Gasteiger partial charge in [0.2, 0.25) is 7.37 Å². The van der Waals surface area contributed by atoms with Crippen LogP contribution < -0.4 is 5.30 Å². The second-order valence-corrected chi connectivity index (χ2v) is 6.82. The number of carbonyl (C=O) groups excluding carboxylic acids is 1. The van der Waals surface area contributed by atoms with E-state index in [2.05, 4.69) is 0 Å². The highest BCUT2D eigenvalue weighted by Gasteiger charge is 2.25. The van der Waals surface area contributed by atoms with Crippen molar-refractivity contribution in [2.24, 2.45) is 0 Å². The minimum atomic E-state index is -3.49. The summed E-state index contributed by atoms with van der Waals surface area (Å²) in [6.07, 6.45) is 1.51. The largest absolute Gasteiger partial charge is 0.469 e. The van der Waals surface area contributed by atoms with E-state index in [1.165, 1.54) is 19.0 Å². The smallest absolute Gasteiger partial charge is 0.227 e. The molecule has 1 heterocycles. The Morgan fingerprint density at radius 3 is 2.42 bits per heavy atom. The van der Waals surface area contributed by atoms with Crippen molar-refractivity contribution in [1.29, 1.82) is 0 Å². The van der Waals surface area contributed by atoms with Gasteiger partial charge in [-0.1, -0.05) is 18.2 Å². The van der Waals surface area contributed by atoms with Gasteiger partial charge in [0, 0.05) is 17.5 Å². The molecule has 1 unspecified atom stereocenters. The fourth-order valence-corrected chi connectivity index (χ4v) is 3.06. The lowest BCUT2D eigenvalue weighted by Crippen LogP contribution is -2.17. The third-order valence-corrected chi connectivity index (χ3v) is 4.27. The van der Waals surface area contributed by atoms with Crippen LogP contribution in [0, 0.1) is 13.8 Å². The van der Waals surface area contributed by atoms with Crippen LogP contribution in [0.25, 0.3) is 0 Å². The van der Waals surface area contributed by atoms with Crippen LogP contribution >= 0.6 is 7.37 Å². The Hall–Kier alpha value is -1.64. The molecule has 19 heavy (non-hydrogen) atoms. The molecule has 0 spiro atoms. The zero-order valence-electron chi connectivity index (χ0n) is 11.0. The maximum Gasteiger partial charge on any atom is 0.227 e. The van der Waals surface area contributed by atoms with E-state index in [0.717, 1.165) is 5.56 Å².